The quantitative estimate of drug-likeness (QED) is 0.757. The summed E-state index contributed by atoms with van der Waals surface area (Å²) in [6.45, 7) is 4.89. The largest absolute Gasteiger partial charge is 0.355 e. The van der Waals surface area contributed by atoms with E-state index in [4.69, 9.17) is 0 Å². The monoisotopic (exact) mass is 347 g/mol. The number of aromatic nitrogens is 3. The van der Waals surface area contributed by atoms with E-state index in [1.807, 2.05) is 47.0 Å². The zero-order valence-electron chi connectivity index (χ0n) is 14.9. The summed E-state index contributed by atoms with van der Waals surface area (Å²) in [6.07, 6.45) is 2.60. The maximum atomic E-state index is 12.3. The Balaban J connectivity index is 1.69. The molecule has 132 valence electrons. The summed E-state index contributed by atoms with van der Waals surface area (Å²) < 4.78 is 2.04. The SMILES string of the molecule is CC(C)n1cnnc1-c1cccc(Nc2cccc3c2C(=O)NCC3)c1. The van der Waals surface area contributed by atoms with E-state index in [-0.39, 0.29) is 11.9 Å². The van der Waals surface area contributed by atoms with E-state index in [0.29, 0.717) is 6.54 Å². The zero-order valence-corrected chi connectivity index (χ0v) is 14.9. The Morgan fingerprint density at radius 3 is 2.88 bits per heavy atom. The minimum absolute atomic E-state index is 0.0231. The van der Waals surface area contributed by atoms with Crippen molar-refractivity contribution in [2.75, 3.05) is 11.9 Å². The van der Waals surface area contributed by atoms with Crippen LogP contribution in [0.25, 0.3) is 11.4 Å². The first-order chi connectivity index (χ1) is 12.6. The van der Waals surface area contributed by atoms with Gasteiger partial charge in [-0.15, -0.1) is 10.2 Å². The second-order valence-electron chi connectivity index (χ2n) is 6.71. The molecule has 0 atom stereocenters. The number of anilines is 2. The lowest BCUT2D eigenvalue weighted by atomic mass is 9.98. The normalized spacial score (nSPS) is 13.4. The van der Waals surface area contributed by atoms with Crippen molar-refractivity contribution < 1.29 is 4.79 Å². The molecule has 2 aromatic carbocycles. The highest BCUT2D eigenvalue weighted by Crippen LogP contribution is 2.28. The van der Waals surface area contributed by atoms with Crippen LogP contribution in [0, 0.1) is 0 Å². The molecule has 1 amide bonds. The molecule has 0 bridgehead atoms. The molecule has 1 aromatic heterocycles. The van der Waals surface area contributed by atoms with Gasteiger partial charge in [0.25, 0.3) is 5.91 Å². The average molecular weight is 347 g/mol. The Kier molecular flexibility index (Phi) is 4.16. The highest BCUT2D eigenvalue weighted by atomic mass is 16.1. The van der Waals surface area contributed by atoms with Crippen molar-refractivity contribution in [3.63, 3.8) is 0 Å². The van der Waals surface area contributed by atoms with Gasteiger partial charge in [-0.3, -0.25) is 4.79 Å². The van der Waals surface area contributed by atoms with Gasteiger partial charge in [-0.2, -0.15) is 0 Å². The second-order valence-corrected chi connectivity index (χ2v) is 6.71. The Labute approximate surface area is 152 Å². The van der Waals surface area contributed by atoms with Gasteiger partial charge in [0.1, 0.15) is 6.33 Å². The predicted octanol–water partition coefficient (Wildman–Crippen LogP) is 3.56. The van der Waals surface area contributed by atoms with E-state index in [9.17, 15) is 4.79 Å². The lowest BCUT2D eigenvalue weighted by Gasteiger charge is -2.20. The van der Waals surface area contributed by atoms with Crippen molar-refractivity contribution in [3.05, 3.63) is 59.9 Å². The summed E-state index contributed by atoms with van der Waals surface area (Å²) in [7, 11) is 0. The van der Waals surface area contributed by atoms with Crippen molar-refractivity contribution in [3.8, 4) is 11.4 Å². The van der Waals surface area contributed by atoms with E-state index in [0.717, 1.165) is 40.3 Å². The average Bonchev–Trinajstić information content (AvgIpc) is 3.12. The topological polar surface area (TPSA) is 71.8 Å². The van der Waals surface area contributed by atoms with E-state index in [1.165, 1.54) is 0 Å². The van der Waals surface area contributed by atoms with Crippen LogP contribution in [0.1, 0.15) is 35.8 Å². The van der Waals surface area contributed by atoms with Crippen LogP contribution in [0.5, 0.6) is 0 Å². The van der Waals surface area contributed by atoms with Crippen molar-refractivity contribution in [1.29, 1.82) is 0 Å². The number of carbonyl (C=O) groups excluding carboxylic acids is 1. The first-order valence-electron chi connectivity index (χ1n) is 8.80. The maximum Gasteiger partial charge on any atom is 0.253 e. The fourth-order valence-corrected chi connectivity index (χ4v) is 3.30. The number of nitrogens with zero attached hydrogens (tertiary/aromatic N) is 3. The minimum Gasteiger partial charge on any atom is -0.355 e. The molecular formula is C20H21N5O. The second kappa shape index (κ2) is 6.63. The number of nitrogens with one attached hydrogen (secondary N) is 2. The van der Waals surface area contributed by atoms with Crippen LogP contribution in [0.15, 0.2) is 48.8 Å². The van der Waals surface area contributed by atoms with Crippen LogP contribution in [0.2, 0.25) is 0 Å². The first-order valence-corrected chi connectivity index (χ1v) is 8.80. The first kappa shape index (κ1) is 16.3. The molecule has 6 nitrogen and oxygen atoms in total. The molecule has 4 rings (SSSR count). The number of rotatable bonds is 4. The van der Waals surface area contributed by atoms with E-state index < -0.39 is 0 Å². The molecule has 2 N–H and O–H groups in total. The molecule has 3 aromatic rings. The Morgan fingerprint density at radius 2 is 2.04 bits per heavy atom. The number of amides is 1. The van der Waals surface area contributed by atoms with Crippen LogP contribution in [0.4, 0.5) is 11.4 Å². The van der Waals surface area contributed by atoms with E-state index in [1.54, 1.807) is 6.33 Å². The molecule has 0 unspecified atom stereocenters. The van der Waals surface area contributed by atoms with Gasteiger partial charge in [0.15, 0.2) is 5.82 Å². The molecule has 0 saturated heterocycles. The summed E-state index contributed by atoms with van der Waals surface area (Å²) in [5, 5.41) is 14.6. The molecule has 1 aliphatic rings. The van der Waals surface area contributed by atoms with Crippen LogP contribution >= 0.6 is 0 Å². The number of fused-ring (bicyclic) bond motifs is 1. The smallest absolute Gasteiger partial charge is 0.253 e. The molecule has 0 aliphatic carbocycles. The standard InChI is InChI=1S/C20H21N5O/c1-13(2)25-12-22-24-19(25)15-6-3-7-16(11-15)23-17-8-4-5-14-9-10-21-20(26)18(14)17/h3-8,11-13,23H,9-10H2,1-2H3,(H,21,26). The Hall–Kier alpha value is -3.15. The lowest BCUT2D eigenvalue weighted by Crippen LogP contribution is -2.32. The third-order valence-electron chi connectivity index (χ3n) is 4.59. The predicted molar refractivity (Wildman–Crippen MR) is 102 cm³/mol. The fraction of sp³-hybridized carbons (Fsp3) is 0.250. The van der Waals surface area contributed by atoms with Crippen molar-refractivity contribution >= 4 is 17.3 Å². The van der Waals surface area contributed by atoms with Crippen LogP contribution in [-0.2, 0) is 6.42 Å². The summed E-state index contributed by atoms with van der Waals surface area (Å²) in [4.78, 5) is 12.3. The van der Waals surface area contributed by atoms with Crippen molar-refractivity contribution in [2.24, 2.45) is 0 Å². The molecule has 26 heavy (non-hydrogen) atoms. The third kappa shape index (κ3) is 2.94. The molecule has 0 fully saturated rings. The van der Waals surface area contributed by atoms with Gasteiger partial charge >= 0.3 is 0 Å². The summed E-state index contributed by atoms with van der Waals surface area (Å²) in [5.74, 6) is 0.807. The van der Waals surface area contributed by atoms with Crippen molar-refractivity contribution in [2.45, 2.75) is 26.3 Å². The molecule has 0 radical (unpaired) electrons. The molecule has 2 heterocycles. The summed E-state index contributed by atoms with van der Waals surface area (Å²) >= 11 is 0. The Morgan fingerprint density at radius 1 is 1.19 bits per heavy atom. The molecule has 0 spiro atoms. The van der Waals surface area contributed by atoms with Gasteiger partial charge in [0, 0.05) is 23.8 Å². The van der Waals surface area contributed by atoms with Crippen LogP contribution in [0.3, 0.4) is 0 Å². The van der Waals surface area contributed by atoms with Gasteiger partial charge in [-0.1, -0.05) is 24.3 Å². The van der Waals surface area contributed by atoms with Gasteiger partial charge < -0.3 is 15.2 Å². The zero-order chi connectivity index (χ0) is 18.1. The molecule has 1 aliphatic heterocycles. The third-order valence-corrected chi connectivity index (χ3v) is 4.59. The number of benzene rings is 2. The number of carbonyl (C=O) groups is 1. The minimum atomic E-state index is -0.0231. The van der Waals surface area contributed by atoms with Crippen LogP contribution in [-0.4, -0.2) is 27.2 Å². The summed E-state index contributed by atoms with van der Waals surface area (Å²) in [6, 6.07) is 14.2. The van der Waals surface area contributed by atoms with Gasteiger partial charge in [-0.25, -0.2) is 0 Å². The highest BCUT2D eigenvalue weighted by molar-refractivity contribution is 6.02. The van der Waals surface area contributed by atoms with Crippen molar-refractivity contribution in [1.82, 2.24) is 20.1 Å². The van der Waals surface area contributed by atoms with Gasteiger partial charge in [0.05, 0.1) is 11.3 Å². The summed E-state index contributed by atoms with van der Waals surface area (Å²) in [5.41, 5.74) is 4.52. The maximum absolute atomic E-state index is 12.3. The lowest BCUT2D eigenvalue weighted by molar-refractivity contribution is 0.0947. The van der Waals surface area contributed by atoms with Crippen LogP contribution < -0.4 is 10.6 Å². The fourth-order valence-electron chi connectivity index (χ4n) is 3.30. The van der Waals surface area contributed by atoms with E-state index >= 15 is 0 Å². The highest BCUT2D eigenvalue weighted by Gasteiger charge is 2.20. The van der Waals surface area contributed by atoms with Gasteiger partial charge in [0.2, 0.25) is 0 Å². The molecular weight excluding hydrogens is 326 g/mol. The molecule has 6 heteroatoms. The molecule has 0 saturated carbocycles. The Bertz CT molecular complexity index is 960. The van der Waals surface area contributed by atoms with E-state index in [2.05, 4.69) is 34.7 Å². The van der Waals surface area contributed by atoms with Gasteiger partial charge in [-0.05, 0) is 44.0 Å². The number of hydrogen-bond donors (Lipinski definition) is 2. The number of hydrogen-bond acceptors (Lipinski definition) is 4.